The summed E-state index contributed by atoms with van der Waals surface area (Å²) >= 11 is 3.20. The maximum atomic E-state index is 11.6. The van der Waals surface area contributed by atoms with Crippen molar-refractivity contribution >= 4 is 31.9 Å². The minimum atomic E-state index is -3.65. The van der Waals surface area contributed by atoms with Gasteiger partial charge in [0, 0.05) is 4.47 Å². The van der Waals surface area contributed by atoms with Crippen molar-refractivity contribution in [2.45, 2.75) is 4.90 Å². The van der Waals surface area contributed by atoms with Crippen LogP contribution in [0.25, 0.3) is 0 Å². The molecule has 1 rings (SSSR count). The zero-order valence-corrected chi connectivity index (χ0v) is 10.8. The Morgan fingerprint density at radius 2 is 1.94 bits per heavy atom. The number of hydrogen-bond donors (Lipinski definition) is 1. The van der Waals surface area contributed by atoms with Crippen molar-refractivity contribution in [3.63, 3.8) is 0 Å². The second-order valence-corrected chi connectivity index (χ2v) is 5.54. The van der Waals surface area contributed by atoms with Crippen LogP contribution in [0.3, 0.4) is 0 Å². The van der Waals surface area contributed by atoms with Gasteiger partial charge in [0.25, 0.3) is 0 Å². The van der Waals surface area contributed by atoms with Gasteiger partial charge in [-0.15, -0.1) is 0 Å². The van der Waals surface area contributed by atoms with Crippen LogP contribution in [-0.2, 0) is 19.6 Å². The van der Waals surface area contributed by atoms with Gasteiger partial charge < -0.3 is 4.74 Å². The third kappa shape index (κ3) is 3.58. The summed E-state index contributed by atoms with van der Waals surface area (Å²) in [5, 5.41) is 0. The van der Waals surface area contributed by atoms with Gasteiger partial charge in [-0.2, -0.15) is 4.72 Å². The smallest absolute Gasteiger partial charge is 0.320 e. The fourth-order valence-electron chi connectivity index (χ4n) is 0.923. The molecule has 0 radical (unpaired) electrons. The van der Waals surface area contributed by atoms with Crippen LogP contribution in [0, 0.1) is 0 Å². The lowest BCUT2D eigenvalue weighted by atomic mass is 10.4. The number of benzene rings is 1. The molecule has 0 unspecified atom stereocenters. The van der Waals surface area contributed by atoms with Gasteiger partial charge in [-0.3, -0.25) is 4.79 Å². The second-order valence-electron chi connectivity index (χ2n) is 2.85. The SMILES string of the molecule is COC(=O)CNS(=O)(=O)c1ccc(Br)cc1. The van der Waals surface area contributed by atoms with E-state index in [0.29, 0.717) is 0 Å². The number of carbonyl (C=O) groups excluding carboxylic acids is 1. The number of nitrogens with one attached hydrogen (secondary N) is 1. The summed E-state index contributed by atoms with van der Waals surface area (Å²) in [6, 6.07) is 6.08. The summed E-state index contributed by atoms with van der Waals surface area (Å²) in [4.78, 5) is 10.9. The Balaban J connectivity index is 2.78. The van der Waals surface area contributed by atoms with E-state index < -0.39 is 16.0 Å². The van der Waals surface area contributed by atoms with Crippen LogP contribution in [0.1, 0.15) is 0 Å². The minimum absolute atomic E-state index is 0.0969. The van der Waals surface area contributed by atoms with Crippen LogP contribution in [0.2, 0.25) is 0 Å². The Morgan fingerprint density at radius 1 is 1.38 bits per heavy atom. The summed E-state index contributed by atoms with van der Waals surface area (Å²) in [6.45, 7) is -0.380. The first-order valence-corrected chi connectivity index (χ1v) is 6.55. The van der Waals surface area contributed by atoms with Crippen molar-refractivity contribution in [2.75, 3.05) is 13.7 Å². The molecule has 5 nitrogen and oxygen atoms in total. The van der Waals surface area contributed by atoms with Crippen molar-refractivity contribution in [3.05, 3.63) is 28.7 Å². The first-order chi connectivity index (χ1) is 7.45. The number of halogens is 1. The van der Waals surface area contributed by atoms with Gasteiger partial charge >= 0.3 is 5.97 Å². The van der Waals surface area contributed by atoms with Gasteiger partial charge in [-0.1, -0.05) is 15.9 Å². The van der Waals surface area contributed by atoms with Crippen molar-refractivity contribution in [3.8, 4) is 0 Å². The number of rotatable bonds is 4. The molecule has 0 aliphatic carbocycles. The molecule has 0 amide bonds. The van der Waals surface area contributed by atoms with Crippen LogP contribution in [-0.4, -0.2) is 28.0 Å². The quantitative estimate of drug-likeness (QED) is 0.839. The van der Waals surface area contributed by atoms with E-state index in [-0.39, 0.29) is 11.4 Å². The maximum absolute atomic E-state index is 11.6. The third-order valence-corrected chi connectivity index (χ3v) is 3.70. The predicted molar refractivity (Wildman–Crippen MR) is 61.3 cm³/mol. The number of hydrogen-bond acceptors (Lipinski definition) is 4. The van der Waals surface area contributed by atoms with Crippen LogP contribution in [0.15, 0.2) is 33.6 Å². The van der Waals surface area contributed by atoms with E-state index in [1.54, 1.807) is 12.1 Å². The fourth-order valence-corrected chi connectivity index (χ4v) is 2.16. The molecule has 0 bridgehead atoms. The molecule has 0 saturated heterocycles. The molecule has 0 aromatic heterocycles. The average Bonchev–Trinajstić information content (AvgIpc) is 2.26. The number of methoxy groups -OCH3 is 1. The number of esters is 1. The second kappa shape index (κ2) is 5.42. The van der Waals surface area contributed by atoms with Gasteiger partial charge in [0.2, 0.25) is 10.0 Å². The van der Waals surface area contributed by atoms with E-state index in [0.717, 1.165) is 4.47 Å². The molecule has 0 saturated carbocycles. The summed E-state index contributed by atoms with van der Waals surface area (Å²) in [6.07, 6.45) is 0. The van der Waals surface area contributed by atoms with Gasteiger partial charge in [0.05, 0.1) is 12.0 Å². The van der Waals surface area contributed by atoms with Crippen LogP contribution >= 0.6 is 15.9 Å². The fraction of sp³-hybridized carbons (Fsp3) is 0.222. The molecule has 0 atom stereocenters. The lowest BCUT2D eigenvalue weighted by Crippen LogP contribution is -2.30. The molecular formula is C9H10BrNO4S. The van der Waals surface area contributed by atoms with E-state index in [9.17, 15) is 13.2 Å². The highest BCUT2D eigenvalue weighted by molar-refractivity contribution is 9.10. The molecule has 0 aliphatic heterocycles. The average molecular weight is 308 g/mol. The summed E-state index contributed by atoms with van der Waals surface area (Å²) in [7, 11) is -2.46. The molecule has 1 aromatic rings. The molecule has 1 N–H and O–H groups in total. The number of carbonyl (C=O) groups is 1. The molecule has 1 aromatic carbocycles. The molecule has 7 heteroatoms. The zero-order chi connectivity index (χ0) is 12.2. The Kier molecular flexibility index (Phi) is 4.45. The predicted octanol–water partition coefficient (Wildman–Crippen LogP) is 0.900. The van der Waals surface area contributed by atoms with Crippen LogP contribution in [0.5, 0.6) is 0 Å². The molecule has 0 spiro atoms. The van der Waals surface area contributed by atoms with Gasteiger partial charge in [0.1, 0.15) is 6.54 Å². The van der Waals surface area contributed by atoms with E-state index in [4.69, 9.17) is 0 Å². The molecule has 0 aliphatic rings. The molecule has 16 heavy (non-hydrogen) atoms. The Morgan fingerprint density at radius 3 is 2.44 bits per heavy atom. The van der Waals surface area contributed by atoms with Gasteiger partial charge in [-0.25, -0.2) is 8.42 Å². The highest BCUT2D eigenvalue weighted by atomic mass is 79.9. The van der Waals surface area contributed by atoms with Crippen molar-refractivity contribution in [2.24, 2.45) is 0 Å². The monoisotopic (exact) mass is 307 g/mol. The number of sulfonamides is 1. The number of ether oxygens (including phenoxy) is 1. The Labute approximate surface area is 102 Å². The Bertz CT molecular complexity index is 469. The summed E-state index contributed by atoms with van der Waals surface area (Å²) in [5.74, 6) is -0.638. The molecular weight excluding hydrogens is 298 g/mol. The third-order valence-electron chi connectivity index (χ3n) is 1.76. The molecule has 88 valence electrons. The van der Waals surface area contributed by atoms with Crippen molar-refractivity contribution in [1.82, 2.24) is 4.72 Å². The lowest BCUT2D eigenvalue weighted by Gasteiger charge is -2.05. The highest BCUT2D eigenvalue weighted by Gasteiger charge is 2.15. The van der Waals surface area contributed by atoms with E-state index in [1.165, 1.54) is 19.2 Å². The van der Waals surface area contributed by atoms with E-state index in [2.05, 4.69) is 25.4 Å². The van der Waals surface area contributed by atoms with Crippen LogP contribution < -0.4 is 4.72 Å². The summed E-state index contributed by atoms with van der Waals surface area (Å²) in [5.41, 5.74) is 0. The van der Waals surface area contributed by atoms with E-state index in [1.807, 2.05) is 0 Å². The van der Waals surface area contributed by atoms with Crippen LogP contribution in [0.4, 0.5) is 0 Å². The highest BCUT2D eigenvalue weighted by Crippen LogP contribution is 2.14. The largest absolute Gasteiger partial charge is 0.468 e. The standard InChI is InChI=1S/C9H10BrNO4S/c1-15-9(12)6-11-16(13,14)8-4-2-7(10)3-5-8/h2-5,11H,6H2,1H3. The van der Waals surface area contributed by atoms with Gasteiger partial charge in [-0.05, 0) is 24.3 Å². The first kappa shape index (κ1) is 13.1. The zero-order valence-electron chi connectivity index (χ0n) is 8.44. The normalized spacial score (nSPS) is 11.1. The summed E-state index contributed by atoms with van der Waals surface area (Å²) < 4.78 is 30.5. The van der Waals surface area contributed by atoms with E-state index >= 15 is 0 Å². The topological polar surface area (TPSA) is 72.5 Å². The minimum Gasteiger partial charge on any atom is -0.468 e. The maximum Gasteiger partial charge on any atom is 0.320 e. The lowest BCUT2D eigenvalue weighted by molar-refractivity contribution is -0.139. The molecule has 0 fully saturated rings. The van der Waals surface area contributed by atoms with Crippen molar-refractivity contribution < 1.29 is 17.9 Å². The first-order valence-electron chi connectivity index (χ1n) is 4.28. The van der Waals surface area contributed by atoms with Gasteiger partial charge in [0.15, 0.2) is 0 Å². The Hall–Kier alpha value is -0.920. The molecule has 0 heterocycles. The van der Waals surface area contributed by atoms with Crippen molar-refractivity contribution in [1.29, 1.82) is 0 Å².